The average molecular weight is 336 g/mol. The van der Waals surface area contributed by atoms with Crippen LogP contribution in [0.25, 0.3) is 0 Å². The summed E-state index contributed by atoms with van der Waals surface area (Å²) in [5, 5.41) is 0. The summed E-state index contributed by atoms with van der Waals surface area (Å²) >= 11 is 0. The number of halogens is 1. The number of nitrogens with zero attached hydrogens (tertiary/aromatic N) is 2. The van der Waals surface area contributed by atoms with Crippen LogP contribution in [-0.2, 0) is 11.3 Å². The van der Waals surface area contributed by atoms with E-state index in [0.29, 0.717) is 6.54 Å². The Bertz CT molecular complexity index is 870. The van der Waals surface area contributed by atoms with Crippen LogP contribution in [0.3, 0.4) is 0 Å². The zero-order chi connectivity index (χ0) is 17.6. The van der Waals surface area contributed by atoms with Crippen molar-refractivity contribution < 1.29 is 9.18 Å². The molecule has 0 aromatic heterocycles. The second kappa shape index (κ2) is 6.10. The van der Waals surface area contributed by atoms with Crippen LogP contribution in [0.1, 0.15) is 36.0 Å². The maximum absolute atomic E-state index is 13.2. The van der Waals surface area contributed by atoms with E-state index in [1.54, 1.807) is 12.1 Å². The second-order valence-electron chi connectivity index (χ2n) is 7.02. The Morgan fingerprint density at radius 2 is 1.88 bits per heavy atom. The molecule has 0 N–H and O–H groups in total. The first-order chi connectivity index (χ1) is 12.0. The molecule has 1 heterocycles. The molecule has 4 heteroatoms. The van der Waals surface area contributed by atoms with Gasteiger partial charge in [-0.25, -0.2) is 4.39 Å². The highest BCUT2D eigenvalue weighted by molar-refractivity contribution is 6.15. The Morgan fingerprint density at radius 3 is 2.64 bits per heavy atom. The Labute approximate surface area is 147 Å². The molecule has 1 amide bonds. The Morgan fingerprint density at radius 1 is 1.16 bits per heavy atom. The van der Waals surface area contributed by atoms with E-state index in [2.05, 4.69) is 26.0 Å². The Hall–Kier alpha value is -2.49. The van der Waals surface area contributed by atoms with Gasteiger partial charge in [-0.3, -0.25) is 9.79 Å². The van der Waals surface area contributed by atoms with Crippen molar-refractivity contribution in [1.82, 2.24) is 0 Å². The van der Waals surface area contributed by atoms with E-state index in [1.165, 1.54) is 17.7 Å². The van der Waals surface area contributed by atoms with E-state index in [1.807, 2.05) is 4.90 Å². The highest BCUT2D eigenvalue weighted by Gasteiger charge is 2.36. The van der Waals surface area contributed by atoms with Gasteiger partial charge in [0.25, 0.3) is 0 Å². The number of aryl methyl sites for hydroxylation is 2. The number of aliphatic imine (C=N–C) groups is 1. The molecule has 0 bridgehead atoms. The lowest BCUT2D eigenvalue weighted by molar-refractivity contribution is -0.120. The van der Waals surface area contributed by atoms with Gasteiger partial charge in [0, 0.05) is 5.71 Å². The van der Waals surface area contributed by atoms with E-state index in [-0.39, 0.29) is 17.6 Å². The van der Waals surface area contributed by atoms with Crippen molar-refractivity contribution in [2.24, 2.45) is 10.9 Å². The van der Waals surface area contributed by atoms with Crippen molar-refractivity contribution in [3.63, 3.8) is 0 Å². The summed E-state index contributed by atoms with van der Waals surface area (Å²) in [7, 11) is 0. The number of benzene rings is 2. The van der Waals surface area contributed by atoms with Crippen molar-refractivity contribution in [2.45, 2.75) is 39.7 Å². The minimum Gasteiger partial charge on any atom is -0.305 e. The molecule has 3 nitrogen and oxygen atoms in total. The third kappa shape index (κ3) is 2.86. The molecular formula is C21H21FN2O. The standard InChI is InChI=1S/C21H21FN2O/c1-13-10-19-20(11-14(13)2)24(12-15-6-8-16(22)9-7-15)21(25)17-4-3-5-18(17)23-19/h6-11,17H,3-5,12H2,1-2H3. The lowest BCUT2D eigenvalue weighted by Crippen LogP contribution is -2.36. The minimum absolute atomic E-state index is 0.113. The van der Waals surface area contributed by atoms with Crippen LogP contribution in [0, 0.1) is 25.6 Å². The Kier molecular flexibility index (Phi) is 3.91. The predicted molar refractivity (Wildman–Crippen MR) is 97.9 cm³/mol. The number of anilines is 1. The van der Waals surface area contributed by atoms with Gasteiger partial charge >= 0.3 is 0 Å². The molecular weight excluding hydrogens is 315 g/mol. The summed E-state index contributed by atoms with van der Waals surface area (Å²) < 4.78 is 13.2. The molecule has 25 heavy (non-hydrogen) atoms. The van der Waals surface area contributed by atoms with E-state index in [0.717, 1.165) is 47.5 Å². The summed E-state index contributed by atoms with van der Waals surface area (Å²) in [6, 6.07) is 10.5. The number of rotatable bonds is 2. The van der Waals surface area contributed by atoms with Gasteiger partial charge < -0.3 is 4.90 Å². The summed E-state index contributed by atoms with van der Waals surface area (Å²) in [5.74, 6) is -0.268. The van der Waals surface area contributed by atoms with Gasteiger partial charge in [0.2, 0.25) is 5.91 Å². The van der Waals surface area contributed by atoms with Crippen LogP contribution in [0.4, 0.5) is 15.8 Å². The predicted octanol–water partition coefficient (Wildman–Crippen LogP) is 4.86. The molecule has 0 spiro atoms. The number of carbonyl (C=O) groups excluding carboxylic acids is 1. The van der Waals surface area contributed by atoms with E-state index >= 15 is 0 Å². The molecule has 2 aromatic rings. The van der Waals surface area contributed by atoms with E-state index in [4.69, 9.17) is 4.99 Å². The first kappa shape index (κ1) is 16.0. The van der Waals surface area contributed by atoms with Gasteiger partial charge in [0.1, 0.15) is 5.82 Å². The van der Waals surface area contributed by atoms with Crippen molar-refractivity contribution in [2.75, 3.05) is 4.90 Å². The number of carbonyl (C=O) groups is 1. The number of amides is 1. The highest BCUT2D eigenvalue weighted by atomic mass is 19.1. The van der Waals surface area contributed by atoms with Crippen LogP contribution in [-0.4, -0.2) is 11.6 Å². The fraction of sp³-hybridized carbons (Fsp3) is 0.333. The fourth-order valence-corrected chi connectivity index (χ4v) is 3.72. The van der Waals surface area contributed by atoms with Crippen molar-refractivity contribution in [3.05, 3.63) is 58.9 Å². The smallest absolute Gasteiger partial charge is 0.236 e. The summed E-state index contributed by atoms with van der Waals surface area (Å²) in [4.78, 5) is 19.9. The van der Waals surface area contributed by atoms with Crippen molar-refractivity contribution in [1.29, 1.82) is 0 Å². The van der Waals surface area contributed by atoms with Crippen molar-refractivity contribution >= 4 is 23.0 Å². The molecule has 4 rings (SSSR count). The van der Waals surface area contributed by atoms with E-state index in [9.17, 15) is 9.18 Å². The molecule has 1 fully saturated rings. The largest absolute Gasteiger partial charge is 0.305 e. The van der Waals surface area contributed by atoms with Gasteiger partial charge in [-0.2, -0.15) is 0 Å². The number of hydrogen-bond acceptors (Lipinski definition) is 2. The molecule has 0 radical (unpaired) electrons. The van der Waals surface area contributed by atoms with Gasteiger partial charge in [-0.15, -0.1) is 0 Å². The molecule has 1 unspecified atom stereocenters. The molecule has 2 aliphatic rings. The third-order valence-electron chi connectivity index (χ3n) is 5.29. The first-order valence-corrected chi connectivity index (χ1v) is 8.77. The van der Waals surface area contributed by atoms with Gasteiger partial charge in [-0.1, -0.05) is 12.1 Å². The van der Waals surface area contributed by atoms with Crippen LogP contribution in [0.15, 0.2) is 41.4 Å². The molecule has 0 saturated heterocycles. The van der Waals surface area contributed by atoms with Gasteiger partial charge in [0.15, 0.2) is 0 Å². The van der Waals surface area contributed by atoms with Crippen LogP contribution < -0.4 is 4.90 Å². The normalized spacial score (nSPS) is 19.3. The molecule has 1 aliphatic heterocycles. The summed E-state index contributed by atoms with van der Waals surface area (Å²) in [6.45, 7) is 4.56. The lowest BCUT2D eigenvalue weighted by atomic mass is 10.0. The number of hydrogen-bond donors (Lipinski definition) is 0. The topological polar surface area (TPSA) is 32.7 Å². The quantitative estimate of drug-likeness (QED) is 0.771. The van der Waals surface area contributed by atoms with Crippen LogP contribution in [0.2, 0.25) is 0 Å². The first-order valence-electron chi connectivity index (χ1n) is 8.77. The number of fused-ring (bicyclic) bond motifs is 2. The second-order valence-corrected chi connectivity index (χ2v) is 7.02. The SMILES string of the molecule is Cc1cc2c(cc1C)N(Cc1ccc(F)cc1)C(=O)C1CCCC1=N2. The fourth-order valence-electron chi connectivity index (χ4n) is 3.72. The van der Waals surface area contributed by atoms with Crippen LogP contribution in [0.5, 0.6) is 0 Å². The van der Waals surface area contributed by atoms with E-state index < -0.39 is 0 Å². The maximum Gasteiger partial charge on any atom is 0.236 e. The molecule has 128 valence electrons. The van der Waals surface area contributed by atoms with Gasteiger partial charge in [-0.05, 0) is 74.1 Å². The monoisotopic (exact) mass is 336 g/mol. The highest BCUT2D eigenvalue weighted by Crippen LogP contribution is 2.40. The third-order valence-corrected chi connectivity index (χ3v) is 5.29. The summed E-state index contributed by atoms with van der Waals surface area (Å²) in [6.07, 6.45) is 2.77. The van der Waals surface area contributed by atoms with Gasteiger partial charge in [0.05, 0.1) is 23.8 Å². The molecule has 2 aromatic carbocycles. The summed E-state index contributed by atoms with van der Waals surface area (Å²) in [5.41, 5.74) is 5.98. The zero-order valence-electron chi connectivity index (χ0n) is 14.6. The lowest BCUT2D eigenvalue weighted by Gasteiger charge is -2.25. The minimum atomic E-state index is -0.265. The zero-order valence-corrected chi connectivity index (χ0v) is 14.6. The van der Waals surface area contributed by atoms with Crippen molar-refractivity contribution in [3.8, 4) is 0 Å². The Balaban J connectivity index is 1.81. The molecule has 1 saturated carbocycles. The molecule has 1 atom stereocenters. The molecule has 1 aliphatic carbocycles. The maximum atomic E-state index is 13.2. The average Bonchev–Trinajstić information content (AvgIpc) is 3.02. The van der Waals surface area contributed by atoms with Crippen LogP contribution >= 0.6 is 0 Å².